The maximum Gasteiger partial charge on any atom is 0.223 e. The van der Waals surface area contributed by atoms with Gasteiger partial charge in [0.1, 0.15) is 0 Å². The van der Waals surface area contributed by atoms with E-state index in [0.717, 1.165) is 64.1 Å². The van der Waals surface area contributed by atoms with Crippen molar-refractivity contribution in [3.05, 3.63) is 35.4 Å². The fourth-order valence-corrected chi connectivity index (χ4v) is 4.35. The van der Waals surface area contributed by atoms with Crippen LogP contribution in [-0.4, -0.2) is 66.1 Å². The molecule has 1 aromatic rings. The van der Waals surface area contributed by atoms with Crippen molar-refractivity contribution in [1.29, 1.82) is 0 Å². The Morgan fingerprint density at radius 3 is 2.60 bits per heavy atom. The van der Waals surface area contributed by atoms with Gasteiger partial charge in [0.05, 0.1) is 6.10 Å². The lowest BCUT2D eigenvalue weighted by atomic mass is 9.85. The summed E-state index contributed by atoms with van der Waals surface area (Å²) in [5, 5.41) is 13.7. The molecule has 3 aliphatic rings. The fourth-order valence-electron chi connectivity index (χ4n) is 4.35. The van der Waals surface area contributed by atoms with Gasteiger partial charge in [-0.3, -0.25) is 14.6 Å². The number of nitrogens with zero attached hydrogens (tertiary/aromatic N) is 2. The molecule has 0 bridgehead atoms. The normalized spacial score (nSPS) is 27.7. The Labute approximate surface area is 150 Å². The summed E-state index contributed by atoms with van der Waals surface area (Å²) in [7, 11) is 0. The number of piperazine rings is 1. The average Bonchev–Trinajstić information content (AvgIpc) is 2.91. The fraction of sp³-hybridized carbons (Fsp3) is 0.650. The lowest BCUT2D eigenvalue weighted by Crippen LogP contribution is -2.52. The quantitative estimate of drug-likeness (QED) is 0.843. The van der Waals surface area contributed by atoms with Gasteiger partial charge < -0.3 is 10.4 Å². The van der Waals surface area contributed by atoms with Crippen LogP contribution in [0.25, 0.3) is 0 Å². The van der Waals surface area contributed by atoms with Gasteiger partial charge in [0.25, 0.3) is 0 Å². The SMILES string of the molecule is O=C(NCCN1CCN(C2Cc3ccccc3C2O)CC1)C1CCC1. The Hall–Kier alpha value is -1.43. The maximum absolute atomic E-state index is 11.9. The number of carbonyl (C=O) groups is 1. The topological polar surface area (TPSA) is 55.8 Å². The summed E-state index contributed by atoms with van der Waals surface area (Å²) in [6.45, 7) is 5.70. The predicted molar refractivity (Wildman–Crippen MR) is 97.3 cm³/mol. The van der Waals surface area contributed by atoms with Crippen LogP contribution in [0.2, 0.25) is 0 Å². The van der Waals surface area contributed by atoms with E-state index < -0.39 is 0 Å². The van der Waals surface area contributed by atoms with Gasteiger partial charge >= 0.3 is 0 Å². The van der Waals surface area contributed by atoms with Crippen LogP contribution in [0.1, 0.15) is 36.5 Å². The number of amides is 1. The van der Waals surface area contributed by atoms with E-state index in [1.807, 2.05) is 6.07 Å². The molecule has 0 radical (unpaired) electrons. The number of nitrogens with one attached hydrogen (secondary N) is 1. The number of benzene rings is 1. The van der Waals surface area contributed by atoms with Gasteiger partial charge in [0.2, 0.25) is 5.91 Å². The summed E-state index contributed by atoms with van der Waals surface area (Å²) >= 11 is 0. The zero-order valence-corrected chi connectivity index (χ0v) is 14.9. The van der Waals surface area contributed by atoms with Crippen molar-refractivity contribution in [2.75, 3.05) is 39.3 Å². The molecule has 1 aliphatic heterocycles. The largest absolute Gasteiger partial charge is 0.387 e. The van der Waals surface area contributed by atoms with Crippen molar-refractivity contribution in [3.63, 3.8) is 0 Å². The number of aliphatic hydroxyl groups excluding tert-OH is 1. The maximum atomic E-state index is 11.9. The highest BCUT2D eigenvalue weighted by atomic mass is 16.3. The van der Waals surface area contributed by atoms with E-state index in [2.05, 4.69) is 33.3 Å². The van der Waals surface area contributed by atoms with E-state index in [0.29, 0.717) is 0 Å². The molecule has 0 spiro atoms. The van der Waals surface area contributed by atoms with Gasteiger partial charge in [-0.2, -0.15) is 0 Å². The molecule has 4 rings (SSSR count). The van der Waals surface area contributed by atoms with Crippen LogP contribution < -0.4 is 5.32 Å². The third kappa shape index (κ3) is 3.59. The molecule has 1 aromatic carbocycles. The minimum atomic E-state index is -0.357. The van der Waals surface area contributed by atoms with Crippen molar-refractivity contribution >= 4 is 5.91 Å². The van der Waals surface area contributed by atoms with E-state index in [9.17, 15) is 9.90 Å². The van der Waals surface area contributed by atoms with Crippen LogP contribution >= 0.6 is 0 Å². The van der Waals surface area contributed by atoms with Gasteiger partial charge in [-0.25, -0.2) is 0 Å². The Morgan fingerprint density at radius 1 is 1.16 bits per heavy atom. The minimum Gasteiger partial charge on any atom is -0.387 e. The average molecular weight is 343 g/mol. The summed E-state index contributed by atoms with van der Waals surface area (Å²) in [4.78, 5) is 16.7. The molecule has 2 fully saturated rings. The molecule has 2 N–H and O–H groups in total. The van der Waals surface area contributed by atoms with Crippen molar-refractivity contribution in [3.8, 4) is 0 Å². The third-order valence-electron chi connectivity index (χ3n) is 6.25. The lowest BCUT2D eigenvalue weighted by Gasteiger charge is -2.39. The monoisotopic (exact) mass is 343 g/mol. The van der Waals surface area contributed by atoms with Gasteiger partial charge in [0, 0.05) is 51.2 Å². The highest BCUT2D eigenvalue weighted by Crippen LogP contribution is 2.34. The van der Waals surface area contributed by atoms with Crippen LogP contribution in [-0.2, 0) is 11.2 Å². The van der Waals surface area contributed by atoms with Gasteiger partial charge in [-0.05, 0) is 30.4 Å². The van der Waals surface area contributed by atoms with Gasteiger partial charge in [-0.15, -0.1) is 0 Å². The molecule has 25 heavy (non-hydrogen) atoms. The molecular weight excluding hydrogens is 314 g/mol. The van der Waals surface area contributed by atoms with Gasteiger partial charge in [0.15, 0.2) is 0 Å². The molecule has 1 saturated carbocycles. The van der Waals surface area contributed by atoms with Crippen molar-refractivity contribution in [2.45, 2.75) is 37.8 Å². The number of fused-ring (bicyclic) bond motifs is 1. The first-order valence-corrected chi connectivity index (χ1v) is 9.72. The predicted octanol–water partition coefficient (Wildman–Crippen LogP) is 1.18. The number of carbonyl (C=O) groups excluding carboxylic acids is 1. The van der Waals surface area contributed by atoms with Crippen LogP contribution in [0.5, 0.6) is 0 Å². The molecule has 136 valence electrons. The van der Waals surface area contributed by atoms with Crippen molar-refractivity contribution in [1.82, 2.24) is 15.1 Å². The zero-order valence-electron chi connectivity index (χ0n) is 14.9. The standard InChI is InChI=1S/C20H29N3O2/c24-19-17-7-2-1-4-16(17)14-18(19)23-12-10-22(11-13-23)9-8-21-20(25)15-5-3-6-15/h1-2,4,7,15,18-19,24H,3,5-6,8-14H2,(H,21,25). The van der Waals surface area contributed by atoms with E-state index in [1.54, 1.807) is 0 Å². The minimum absolute atomic E-state index is 0.220. The molecule has 0 aromatic heterocycles. The molecule has 1 amide bonds. The number of hydrogen-bond acceptors (Lipinski definition) is 4. The van der Waals surface area contributed by atoms with Crippen LogP contribution in [0.4, 0.5) is 0 Å². The van der Waals surface area contributed by atoms with Crippen LogP contribution in [0.15, 0.2) is 24.3 Å². The number of hydrogen-bond donors (Lipinski definition) is 2. The Kier molecular flexibility index (Phi) is 5.06. The number of rotatable bonds is 5. The molecule has 2 aliphatic carbocycles. The highest BCUT2D eigenvalue weighted by Gasteiger charge is 2.36. The van der Waals surface area contributed by atoms with Gasteiger partial charge in [-0.1, -0.05) is 30.7 Å². The van der Waals surface area contributed by atoms with E-state index in [-0.39, 0.29) is 24.0 Å². The van der Waals surface area contributed by atoms with E-state index >= 15 is 0 Å². The first-order chi connectivity index (χ1) is 12.2. The molecule has 2 unspecified atom stereocenters. The Morgan fingerprint density at radius 2 is 1.92 bits per heavy atom. The lowest BCUT2D eigenvalue weighted by molar-refractivity contribution is -0.127. The van der Waals surface area contributed by atoms with E-state index in [1.165, 1.54) is 12.0 Å². The molecule has 1 heterocycles. The molecule has 5 heteroatoms. The Bertz CT molecular complexity index is 609. The second-order valence-electron chi connectivity index (χ2n) is 7.71. The third-order valence-corrected chi connectivity index (χ3v) is 6.25. The molecule has 2 atom stereocenters. The Balaban J connectivity index is 1.20. The smallest absolute Gasteiger partial charge is 0.223 e. The molecule has 5 nitrogen and oxygen atoms in total. The van der Waals surface area contributed by atoms with Crippen LogP contribution in [0, 0.1) is 5.92 Å². The summed E-state index contributed by atoms with van der Waals surface area (Å²) in [5.41, 5.74) is 2.40. The highest BCUT2D eigenvalue weighted by molar-refractivity contribution is 5.79. The zero-order chi connectivity index (χ0) is 17.2. The van der Waals surface area contributed by atoms with Crippen LogP contribution in [0.3, 0.4) is 0 Å². The second kappa shape index (κ2) is 7.44. The summed E-state index contributed by atoms with van der Waals surface area (Å²) < 4.78 is 0. The molecule has 1 saturated heterocycles. The summed E-state index contributed by atoms with van der Waals surface area (Å²) in [6, 6.07) is 8.49. The first kappa shape index (κ1) is 17.0. The van der Waals surface area contributed by atoms with Crippen molar-refractivity contribution < 1.29 is 9.90 Å². The van der Waals surface area contributed by atoms with Crippen molar-refractivity contribution in [2.24, 2.45) is 5.92 Å². The summed E-state index contributed by atoms with van der Waals surface area (Å²) in [5.74, 6) is 0.527. The summed E-state index contributed by atoms with van der Waals surface area (Å²) in [6.07, 6.45) is 3.93. The first-order valence-electron chi connectivity index (χ1n) is 9.72. The second-order valence-corrected chi connectivity index (χ2v) is 7.71. The molecular formula is C20H29N3O2. The number of aliphatic hydroxyl groups is 1. The van der Waals surface area contributed by atoms with E-state index in [4.69, 9.17) is 0 Å².